The van der Waals surface area contributed by atoms with Crippen LogP contribution in [-0.4, -0.2) is 22.2 Å². The van der Waals surface area contributed by atoms with E-state index in [0.29, 0.717) is 0 Å². The summed E-state index contributed by atoms with van der Waals surface area (Å²) in [6, 6.07) is 0. The maximum atomic E-state index is 9.10. The molecule has 0 unspecified atom stereocenters. The fourth-order valence-electron chi connectivity index (χ4n) is 0. The van der Waals surface area contributed by atoms with Gasteiger partial charge in [0.15, 0.2) is 0 Å². The van der Waals surface area contributed by atoms with Gasteiger partial charge in [0.1, 0.15) is 0 Å². The molecule has 0 saturated heterocycles. The maximum Gasteiger partial charge on any atom is 0.414 e. The predicted molar refractivity (Wildman–Crippen MR) is 20.3 cm³/mol. The average Bonchev–Trinajstić information content (AvgIpc) is 1.36. The molecule has 0 saturated carbocycles. The van der Waals surface area contributed by atoms with E-state index in [0.717, 1.165) is 0 Å². The van der Waals surface area contributed by atoms with Gasteiger partial charge in [0, 0.05) is 22.4 Å². The molecule has 0 aromatic rings. The molecule has 5 nitrogen and oxygen atoms in total. The molecule has 0 heterocycles. The standard InChI is InChI=1S/C2H2O4.H3N.Ta/c3-1(4)2(5)6;;/h(H,3,4)(H,5,6);1H3;. The molecule has 8 heavy (non-hydrogen) atoms. The number of rotatable bonds is 0. The molecule has 0 aliphatic carbocycles. The number of carboxylic acids is 2. The third kappa shape index (κ3) is 9.16. The normalized spacial score (nSPS) is 5.50. The van der Waals surface area contributed by atoms with Gasteiger partial charge < -0.3 is 16.4 Å². The smallest absolute Gasteiger partial charge is 0.414 e. The van der Waals surface area contributed by atoms with Crippen LogP contribution in [0.4, 0.5) is 0 Å². The molecule has 0 spiro atoms. The fourth-order valence-corrected chi connectivity index (χ4v) is 0. The Bertz CT molecular complexity index is 80.0. The summed E-state index contributed by atoms with van der Waals surface area (Å²) >= 11 is 0. The summed E-state index contributed by atoms with van der Waals surface area (Å²) in [5.41, 5.74) is 0. The van der Waals surface area contributed by atoms with Crippen LogP contribution < -0.4 is 6.15 Å². The number of aliphatic carboxylic acids is 2. The van der Waals surface area contributed by atoms with Crippen molar-refractivity contribution in [3.63, 3.8) is 0 Å². The van der Waals surface area contributed by atoms with Crippen LogP contribution in [-0.2, 0) is 32.0 Å². The number of hydrogen-bond donors (Lipinski definition) is 3. The molecule has 0 aliphatic heterocycles. The molecule has 0 amide bonds. The fraction of sp³-hybridized carbons (Fsp3) is 0. The van der Waals surface area contributed by atoms with Gasteiger partial charge in [0.2, 0.25) is 0 Å². The summed E-state index contributed by atoms with van der Waals surface area (Å²) in [5.74, 6) is -3.65. The topological polar surface area (TPSA) is 110 Å². The van der Waals surface area contributed by atoms with E-state index in [9.17, 15) is 0 Å². The van der Waals surface area contributed by atoms with Crippen LogP contribution in [0.3, 0.4) is 0 Å². The van der Waals surface area contributed by atoms with Gasteiger partial charge in [-0.1, -0.05) is 0 Å². The molecule has 0 aromatic heterocycles. The molecule has 6 heteroatoms. The second-order valence-electron chi connectivity index (χ2n) is 0.610. The first-order valence-corrected chi connectivity index (χ1v) is 1.11. The Morgan fingerprint density at radius 2 is 1.12 bits per heavy atom. The van der Waals surface area contributed by atoms with Crippen molar-refractivity contribution in [1.82, 2.24) is 6.15 Å². The first-order valence-electron chi connectivity index (χ1n) is 1.11. The molecule has 0 rings (SSSR count). The van der Waals surface area contributed by atoms with E-state index in [2.05, 4.69) is 0 Å². The van der Waals surface area contributed by atoms with Crippen LogP contribution in [0.1, 0.15) is 0 Å². The minimum Gasteiger partial charge on any atom is -0.473 e. The Morgan fingerprint density at radius 3 is 1.12 bits per heavy atom. The van der Waals surface area contributed by atoms with Crippen molar-refractivity contribution in [2.24, 2.45) is 0 Å². The second-order valence-corrected chi connectivity index (χ2v) is 0.610. The predicted octanol–water partition coefficient (Wildman–Crippen LogP) is -0.685. The number of carboxylic acid groups (broad SMARTS) is 2. The van der Waals surface area contributed by atoms with Gasteiger partial charge in [0.25, 0.3) is 0 Å². The Kier molecular flexibility index (Phi) is 13.0. The molecular weight excluding hydrogens is 283 g/mol. The summed E-state index contributed by atoms with van der Waals surface area (Å²) in [6.07, 6.45) is 0. The van der Waals surface area contributed by atoms with Gasteiger partial charge in [-0.2, -0.15) is 0 Å². The minimum atomic E-state index is -1.82. The van der Waals surface area contributed by atoms with Crippen LogP contribution >= 0.6 is 0 Å². The van der Waals surface area contributed by atoms with Gasteiger partial charge in [-0.05, 0) is 0 Å². The third-order valence-corrected chi connectivity index (χ3v) is 0.183. The van der Waals surface area contributed by atoms with E-state index in [1.807, 2.05) is 0 Å². The second kappa shape index (κ2) is 6.64. The molecule has 0 atom stereocenters. The Labute approximate surface area is 60.8 Å². The molecule has 0 bridgehead atoms. The summed E-state index contributed by atoms with van der Waals surface area (Å²) < 4.78 is 0. The molecule has 0 aromatic carbocycles. The van der Waals surface area contributed by atoms with E-state index in [4.69, 9.17) is 19.8 Å². The zero-order chi connectivity index (χ0) is 5.15. The summed E-state index contributed by atoms with van der Waals surface area (Å²) in [6.45, 7) is 0. The first-order chi connectivity index (χ1) is 2.64. The van der Waals surface area contributed by atoms with E-state index in [-0.39, 0.29) is 28.5 Å². The van der Waals surface area contributed by atoms with Gasteiger partial charge in [-0.25, -0.2) is 9.59 Å². The van der Waals surface area contributed by atoms with Gasteiger partial charge in [-0.15, -0.1) is 0 Å². The SMILES string of the molecule is N.O=C(O)C(=O)O.[Ta]. The minimum absolute atomic E-state index is 0. The van der Waals surface area contributed by atoms with Crippen LogP contribution in [0.15, 0.2) is 0 Å². The van der Waals surface area contributed by atoms with E-state index < -0.39 is 11.9 Å². The third-order valence-electron chi connectivity index (χ3n) is 0.183. The monoisotopic (exact) mass is 288 g/mol. The van der Waals surface area contributed by atoms with Crippen molar-refractivity contribution in [3.05, 3.63) is 0 Å². The van der Waals surface area contributed by atoms with E-state index in [1.165, 1.54) is 0 Å². The Morgan fingerprint density at radius 1 is 1.00 bits per heavy atom. The van der Waals surface area contributed by atoms with Gasteiger partial charge in [0.05, 0.1) is 0 Å². The Balaban J connectivity index is -0.000000125. The van der Waals surface area contributed by atoms with Crippen LogP contribution in [0.5, 0.6) is 0 Å². The van der Waals surface area contributed by atoms with Crippen LogP contribution in [0.25, 0.3) is 0 Å². The Hall–Kier alpha value is -0.360. The number of hydrogen-bond acceptors (Lipinski definition) is 3. The molecule has 1 radical (unpaired) electrons. The van der Waals surface area contributed by atoms with Gasteiger partial charge in [-0.3, -0.25) is 0 Å². The van der Waals surface area contributed by atoms with Gasteiger partial charge >= 0.3 is 11.9 Å². The first kappa shape index (κ1) is 15.6. The molecule has 5 N–H and O–H groups in total. The van der Waals surface area contributed by atoms with Crippen molar-refractivity contribution in [2.75, 3.05) is 0 Å². The zero-order valence-corrected chi connectivity index (χ0v) is 7.08. The van der Waals surface area contributed by atoms with Crippen molar-refractivity contribution < 1.29 is 42.2 Å². The zero-order valence-electron chi connectivity index (χ0n) is 3.87. The van der Waals surface area contributed by atoms with Crippen LogP contribution in [0, 0.1) is 0 Å². The largest absolute Gasteiger partial charge is 0.473 e. The van der Waals surface area contributed by atoms with Crippen molar-refractivity contribution in [2.45, 2.75) is 0 Å². The van der Waals surface area contributed by atoms with E-state index >= 15 is 0 Å². The summed E-state index contributed by atoms with van der Waals surface area (Å²) in [5, 5.41) is 14.8. The molecular formula is C2H5NO4Ta. The van der Waals surface area contributed by atoms with Crippen molar-refractivity contribution in [3.8, 4) is 0 Å². The molecule has 0 fully saturated rings. The van der Waals surface area contributed by atoms with Crippen molar-refractivity contribution >= 4 is 11.9 Å². The van der Waals surface area contributed by atoms with Crippen molar-refractivity contribution in [1.29, 1.82) is 0 Å². The average molecular weight is 288 g/mol. The summed E-state index contributed by atoms with van der Waals surface area (Å²) in [4.78, 5) is 18.2. The number of carbonyl (C=O) groups is 2. The summed E-state index contributed by atoms with van der Waals surface area (Å²) in [7, 11) is 0. The van der Waals surface area contributed by atoms with E-state index in [1.54, 1.807) is 0 Å². The molecule has 0 aliphatic rings. The molecule has 47 valence electrons. The maximum absolute atomic E-state index is 9.10. The quantitative estimate of drug-likeness (QED) is 0.511. The van der Waals surface area contributed by atoms with Crippen LogP contribution in [0.2, 0.25) is 0 Å².